The number of carbonyl (C=O) groups is 3. The van der Waals surface area contributed by atoms with Crippen LogP contribution in [0.4, 0.5) is 0 Å². The fourth-order valence-electron chi connectivity index (χ4n) is 8.34. The molecule has 0 aliphatic carbocycles. The quantitative estimate of drug-likeness (QED) is 0.0344. The SMILES string of the molecule is CCCCCCCCCCCCCCCC(=O)OC[C@@H](COC(=O)CCCCCCCCCCCCCCCCCCC(C)C)OC(=O)CCCCCCCCCCC(C)C. The fraction of sp³-hybridized carbons (Fsp3) is 0.945. The Morgan fingerprint density at radius 3 is 0.803 bits per heavy atom. The molecule has 0 rings (SSSR count). The molecule has 0 aromatic rings. The summed E-state index contributed by atoms with van der Waals surface area (Å²) in [6.45, 7) is 11.4. The number of hydrogen-bond acceptors (Lipinski definition) is 6. The van der Waals surface area contributed by atoms with Crippen molar-refractivity contribution in [1.82, 2.24) is 0 Å². The zero-order valence-corrected chi connectivity index (χ0v) is 41.8. The molecule has 0 spiro atoms. The molecule has 0 aliphatic rings. The first-order valence-electron chi connectivity index (χ1n) is 27.2. The Labute approximate surface area is 380 Å². The standard InChI is InChI=1S/C55H106O6/c1-6-7-8-9-10-11-12-17-21-24-30-35-40-45-53(56)59-48-52(61-55(58)47-42-37-32-27-26-29-34-39-44-51(4)5)49-60-54(57)46-41-36-31-25-22-19-16-14-13-15-18-20-23-28-33-38-43-50(2)3/h50-52H,6-49H2,1-5H3/t52-/m0/s1. The molecule has 1 atom stereocenters. The highest BCUT2D eigenvalue weighted by molar-refractivity contribution is 5.71. The molecule has 0 aromatic heterocycles. The molecule has 6 heteroatoms. The molecule has 6 nitrogen and oxygen atoms in total. The van der Waals surface area contributed by atoms with Crippen molar-refractivity contribution in [3.8, 4) is 0 Å². The fourth-order valence-corrected chi connectivity index (χ4v) is 8.34. The van der Waals surface area contributed by atoms with E-state index in [0.717, 1.165) is 69.6 Å². The van der Waals surface area contributed by atoms with E-state index in [4.69, 9.17) is 14.2 Å². The summed E-state index contributed by atoms with van der Waals surface area (Å²) in [6, 6.07) is 0. The molecule has 0 aliphatic heterocycles. The summed E-state index contributed by atoms with van der Waals surface area (Å²) in [7, 11) is 0. The molecular weight excluding hydrogens is 757 g/mol. The van der Waals surface area contributed by atoms with Crippen molar-refractivity contribution < 1.29 is 28.6 Å². The zero-order chi connectivity index (χ0) is 44.7. The lowest BCUT2D eigenvalue weighted by molar-refractivity contribution is -0.167. The Morgan fingerprint density at radius 2 is 0.541 bits per heavy atom. The predicted octanol–water partition coefficient (Wildman–Crippen LogP) is 17.7. The van der Waals surface area contributed by atoms with Gasteiger partial charge in [-0.2, -0.15) is 0 Å². The van der Waals surface area contributed by atoms with E-state index in [-0.39, 0.29) is 31.1 Å². The molecule has 0 saturated heterocycles. The molecule has 0 amide bonds. The number of rotatable bonds is 49. The van der Waals surface area contributed by atoms with Gasteiger partial charge in [0.05, 0.1) is 0 Å². The maximum Gasteiger partial charge on any atom is 0.306 e. The highest BCUT2D eigenvalue weighted by Gasteiger charge is 2.19. The largest absolute Gasteiger partial charge is 0.462 e. The summed E-state index contributed by atoms with van der Waals surface area (Å²) in [5.41, 5.74) is 0. The van der Waals surface area contributed by atoms with Crippen LogP contribution in [0.25, 0.3) is 0 Å². The topological polar surface area (TPSA) is 78.9 Å². The molecule has 0 aromatic carbocycles. The lowest BCUT2D eigenvalue weighted by Gasteiger charge is -2.18. The van der Waals surface area contributed by atoms with Gasteiger partial charge >= 0.3 is 17.9 Å². The van der Waals surface area contributed by atoms with Crippen LogP contribution in [0.3, 0.4) is 0 Å². The first-order chi connectivity index (χ1) is 29.7. The van der Waals surface area contributed by atoms with Crippen LogP contribution >= 0.6 is 0 Å². The number of esters is 3. The molecule has 0 saturated carbocycles. The highest BCUT2D eigenvalue weighted by atomic mass is 16.6. The third-order valence-electron chi connectivity index (χ3n) is 12.5. The van der Waals surface area contributed by atoms with E-state index >= 15 is 0 Å². The first kappa shape index (κ1) is 59.4. The summed E-state index contributed by atoms with van der Waals surface area (Å²) < 4.78 is 16.8. The van der Waals surface area contributed by atoms with Crippen LogP contribution in [0, 0.1) is 11.8 Å². The molecule has 0 unspecified atom stereocenters. The molecule has 0 fully saturated rings. The average Bonchev–Trinajstić information content (AvgIpc) is 3.23. The number of ether oxygens (including phenoxy) is 3. The molecule has 61 heavy (non-hydrogen) atoms. The number of unbranched alkanes of at least 4 members (excludes halogenated alkanes) is 34. The molecule has 0 N–H and O–H groups in total. The van der Waals surface area contributed by atoms with Gasteiger partial charge in [-0.3, -0.25) is 14.4 Å². The van der Waals surface area contributed by atoms with Gasteiger partial charge in [0.1, 0.15) is 13.2 Å². The Balaban J connectivity index is 4.24. The van der Waals surface area contributed by atoms with Gasteiger partial charge in [0, 0.05) is 19.3 Å². The van der Waals surface area contributed by atoms with Gasteiger partial charge in [0.15, 0.2) is 6.10 Å². The minimum atomic E-state index is -0.762. The second-order valence-corrected chi connectivity index (χ2v) is 19.8. The van der Waals surface area contributed by atoms with Gasteiger partial charge in [-0.05, 0) is 31.1 Å². The number of carbonyl (C=O) groups excluding carboxylic acids is 3. The van der Waals surface area contributed by atoms with E-state index in [1.807, 2.05) is 0 Å². The smallest absolute Gasteiger partial charge is 0.306 e. The van der Waals surface area contributed by atoms with Crippen molar-refractivity contribution in [2.75, 3.05) is 13.2 Å². The molecule has 0 heterocycles. The average molecular weight is 863 g/mol. The number of hydrogen-bond donors (Lipinski definition) is 0. The minimum absolute atomic E-state index is 0.0636. The van der Waals surface area contributed by atoms with Crippen LogP contribution in [0.5, 0.6) is 0 Å². The second-order valence-electron chi connectivity index (χ2n) is 19.8. The molecule has 0 radical (unpaired) electrons. The summed E-state index contributed by atoms with van der Waals surface area (Å²) in [6.07, 6.45) is 49.5. The van der Waals surface area contributed by atoms with Gasteiger partial charge in [-0.15, -0.1) is 0 Å². The van der Waals surface area contributed by atoms with Crippen LogP contribution in [-0.4, -0.2) is 37.2 Å². The molecular formula is C55H106O6. The maximum atomic E-state index is 12.8. The van der Waals surface area contributed by atoms with Crippen LogP contribution in [0.15, 0.2) is 0 Å². The van der Waals surface area contributed by atoms with Gasteiger partial charge in [-0.25, -0.2) is 0 Å². The van der Waals surface area contributed by atoms with Crippen molar-refractivity contribution in [1.29, 1.82) is 0 Å². The lowest BCUT2D eigenvalue weighted by Crippen LogP contribution is -2.30. The van der Waals surface area contributed by atoms with E-state index in [0.29, 0.717) is 19.3 Å². The lowest BCUT2D eigenvalue weighted by atomic mass is 10.0. The zero-order valence-electron chi connectivity index (χ0n) is 41.8. The maximum absolute atomic E-state index is 12.8. The summed E-state index contributed by atoms with van der Waals surface area (Å²) in [5.74, 6) is 0.800. The van der Waals surface area contributed by atoms with Crippen LogP contribution in [0.1, 0.15) is 304 Å². The first-order valence-corrected chi connectivity index (χ1v) is 27.2. The summed E-state index contributed by atoms with van der Waals surface area (Å²) in [4.78, 5) is 38.0. The third-order valence-corrected chi connectivity index (χ3v) is 12.5. The van der Waals surface area contributed by atoms with Crippen LogP contribution in [0.2, 0.25) is 0 Å². The Bertz CT molecular complexity index is 931. The van der Waals surface area contributed by atoms with Crippen LogP contribution < -0.4 is 0 Å². The van der Waals surface area contributed by atoms with Crippen molar-refractivity contribution >= 4 is 17.9 Å². The van der Waals surface area contributed by atoms with Crippen molar-refractivity contribution in [2.24, 2.45) is 11.8 Å². The van der Waals surface area contributed by atoms with Crippen molar-refractivity contribution in [3.63, 3.8) is 0 Å². The molecule has 362 valence electrons. The Morgan fingerprint density at radius 1 is 0.311 bits per heavy atom. The Kier molecular flexibility index (Phi) is 46.6. The van der Waals surface area contributed by atoms with E-state index in [9.17, 15) is 14.4 Å². The van der Waals surface area contributed by atoms with Gasteiger partial charge in [0.2, 0.25) is 0 Å². The van der Waals surface area contributed by atoms with E-state index < -0.39 is 6.10 Å². The molecule has 0 bridgehead atoms. The Hall–Kier alpha value is -1.59. The van der Waals surface area contributed by atoms with Crippen molar-refractivity contribution in [2.45, 2.75) is 310 Å². The second kappa shape index (κ2) is 47.9. The van der Waals surface area contributed by atoms with Crippen LogP contribution in [-0.2, 0) is 28.6 Å². The van der Waals surface area contributed by atoms with Gasteiger partial charge in [0.25, 0.3) is 0 Å². The minimum Gasteiger partial charge on any atom is -0.462 e. The van der Waals surface area contributed by atoms with Crippen molar-refractivity contribution in [3.05, 3.63) is 0 Å². The van der Waals surface area contributed by atoms with E-state index in [1.54, 1.807) is 0 Å². The highest BCUT2D eigenvalue weighted by Crippen LogP contribution is 2.18. The predicted molar refractivity (Wildman–Crippen MR) is 261 cm³/mol. The van der Waals surface area contributed by atoms with Gasteiger partial charge < -0.3 is 14.2 Å². The third kappa shape index (κ3) is 49.3. The van der Waals surface area contributed by atoms with Gasteiger partial charge in [-0.1, -0.05) is 266 Å². The van der Waals surface area contributed by atoms with E-state index in [1.165, 1.54) is 193 Å². The summed E-state index contributed by atoms with van der Waals surface area (Å²) in [5, 5.41) is 0. The van der Waals surface area contributed by atoms with E-state index in [2.05, 4.69) is 34.6 Å². The summed E-state index contributed by atoms with van der Waals surface area (Å²) >= 11 is 0. The normalized spacial score (nSPS) is 12.0. The monoisotopic (exact) mass is 863 g/mol.